The number of hydrogen-bond acceptors (Lipinski definition) is 6. The van der Waals surface area contributed by atoms with Crippen LogP contribution in [-0.2, 0) is 4.74 Å². The minimum Gasteiger partial charge on any atom is -0.378 e. The van der Waals surface area contributed by atoms with Crippen molar-refractivity contribution in [1.82, 2.24) is 19.9 Å². The van der Waals surface area contributed by atoms with Gasteiger partial charge in [-0.15, -0.1) is 0 Å². The molecule has 0 amide bonds. The van der Waals surface area contributed by atoms with E-state index in [-0.39, 0.29) is 0 Å². The Balaban J connectivity index is 1.39. The van der Waals surface area contributed by atoms with Crippen LogP contribution < -0.4 is 9.80 Å². The second-order valence-electron chi connectivity index (χ2n) is 8.47. The molecule has 32 heavy (non-hydrogen) atoms. The van der Waals surface area contributed by atoms with E-state index in [0.29, 0.717) is 5.92 Å². The van der Waals surface area contributed by atoms with Crippen molar-refractivity contribution in [2.45, 2.75) is 12.3 Å². The Morgan fingerprint density at radius 3 is 2.78 bits per heavy atom. The fourth-order valence-corrected chi connectivity index (χ4v) is 4.80. The molecule has 2 fully saturated rings. The smallest absolute Gasteiger partial charge is 0.227 e. The highest BCUT2D eigenvalue weighted by Gasteiger charge is 2.27. The predicted molar refractivity (Wildman–Crippen MR) is 126 cm³/mol. The monoisotopic (exact) mass is 426 g/mol. The van der Waals surface area contributed by atoms with Gasteiger partial charge < -0.3 is 19.5 Å². The van der Waals surface area contributed by atoms with E-state index in [4.69, 9.17) is 14.7 Å². The number of aromatic nitrogens is 4. The highest BCUT2D eigenvalue weighted by Crippen LogP contribution is 2.33. The summed E-state index contributed by atoms with van der Waals surface area (Å²) < 4.78 is 5.57. The normalized spacial score (nSPS) is 19.1. The van der Waals surface area contributed by atoms with Crippen LogP contribution >= 0.6 is 0 Å². The second kappa shape index (κ2) is 8.24. The van der Waals surface area contributed by atoms with Gasteiger partial charge in [0.15, 0.2) is 0 Å². The first-order valence-corrected chi connectivity index (χ1v) is 11.3. The van der Waals surface area contributed by atoms with Gasteiger partial charge in [-0.3, -0.25) is 4.98 Å². The zero-order valence-corrected chi connectivity index (χ0v) is 17.9. The van der Waals surface area contributed by atoms with Crippen molar-refractivity contribution in [3.8, 4) is 11.3 Å². The first-order chi connectivity index (χ1) is 15.8. The number of nitrogens with zero attached hydrogens (tertiary/aromatic N) is 5. The van der Waals surface area contributed by atoms with Crippen LogP contribution in [0.3, 0.4) is 0 Å². The number of aromatic amines is 1. The molecule has 5 heterocycles. The number of nitrogens with one attached hydrogen (secondary N) is 1. The van der Waals surface area contributed by atoms with Gasteiger partial charge in [0.1, 0.15) is 5.82 Å². The maximum atomic E-state index is 5.57. The van der Waals surface area contributed by atoms with Gasteiger partial charge in [-0.05, 0) is 30.2 Å². The summed E-state index contributed by atoms with van der Waals surface area (Å²) in [5, 5.41) is 1.18. The van der Waals surface area contributed by atoms with E-state index in [1.165, 1.54) is 10.9 Å². The Hall–Kier alpha value is -3.45. The number of hydrogen-bond donors (Lipinski definition) is 1. The van der Waals surface area contributed by atoms with Crippen LogP contribution in [0, 0.1) is 0 Å². The zero-order chi connectivity index (χ0) is 21.3. The van der Waals surface area contributed by atoms with Gasteiger partial charge in [0.25, 0.3) is 0 Å². The lowest BCUT2D eigenvalue weighted by Crippen LogP contribution is -2.37. The number of ether oxygens (including phenoxy) is 1. The molecule has 1 aromatic carbocycles. The lowest BCUT2D eigenvalue weighted by Gasteiger charge is -2.29. The van der Waals surface area contributed by atoms with Crippen LogP contribution in [0.2, 0.25) is 0 Å². The minimum absolute atomic E-state index is 0.455. The first-order valence-electron chi connectivity index (χ1n) is 11.3. The molecule has 2 saturated heterocycles. The summed E-state index contributed by atoms with van der Waals surface area (Å²) in [6.07, 6.45) is 6.88. The van der Waals surface area contributed by atoms with E-state index < -0.39 is 0 Å². The van der Waals surface area contributed by atoms with Gasteiger partial charge in [-0.25, -0.2) is 4.98 Å². The summed E-state index contributed by atoms with van der Waals surface area (Å²) in [5.74, 6) is 2.24. The topological polar surface area (TPSA) is 70.2 Å². The van der Waals surface area contributed by atoms with Crippen molar-refractivity contribution >= 4 is 22.7 Å². The van der Waals surface area contributed by atoms with E-state index >= 15 is 0 Å². The zero-order valence-electron chi connectivity index (χ0n) is 17.9. The highest BCUT2D eigenvalue weighted by atomic mass is 16.5. The number of pyridine rings is 1. The fraction of sp³-hybridized carbons (Fsp3) is 0.320. The Morgan fingerprint density at radius 1 is 0.969 bits per heavy atom. The number of morpholine rings is 1. The van der Waals surface area contributed by atoms with E-state index in [1.807, 2.05) is 24.7 Å². The van der Waals surface area contributed by atoms with Crippen molar-refractivity contribution in [2.24, 2.45) is 0 Å². The quantitative estimate of drug-likeness (QED) is 0.535. The third kappa shape index (κ3) is 3.58. The van der Waals surface area contributed by atoms with Gasteiger partial charge in [0.05, 0.1) is 18.9 Å². The third-order valence-electron chi connectivity index (χ3n) is 6.53. The van der Waals surface area contributed by atoms with Crippen molar-refractivity contribution in [2.75, 3.05) is 49.2 Å². The number of benzene rings is 1. The van der Waals surface area contributed by atoms with Crippen molar-refractivity contribution in [1.29, 1.82) is 0 Å². The average molecular weight is 427 g/mol. The largest absolute Gasteiger partial charge is 0.378 e. The van der Waals surface area contributed by atoms with Crippen molar-refractivity contribution in [3.63, 3.8) is 0 Å². The van der Waals surface area contributed by atoms with E-state index in [2.05, 4.69) is 56.2 Å². The molecule has 0 saturated carbocycles. The molecule has 1 atom stereocenters. The molecule has 0 spiro atoms. The Bertz CT molecular complexity index is 1220. The van der Waals surface area contributed by atoms with E-state index in [0.717, 1.165) is 74.4 Å². The summed E-state index contributed by atoms with van der Waals surface area (Å²) >= 11 is 0. The first kappa shape index (κ1) is 19.3. The maximum absolute atomic E-state index is 5.57. The van der Waals surface area contributed by atoms with Gasteiger partial charge in [-0.1, -0.05) is 18.2 Å². The van der Waals surface area contributed by atoms with Crippen LogP contribution in [-0.4, -0.2) is 59.3 Å². The molecule has 0 aliphatic carbocycles. The number of rotatable bonds is 4. The molecular weight excluding hydrogens is 400 g/mol. The Kier molecular flexibility index (Phi) is 4.96. The second-order valence-corrected chi connectivity index (χ2v) is 8.47. The SMILES string of the molecule is c1cncc(C2CCN(c3nc(-c4cccc5[nH]ccc45)cc(N4CCOCC4)n3)C2)c1. The summed E-state index contributed by atoms with van der Waals surface area (Å²) in [7, 11) is 0. The average Bonchev–Trinajstić information content (AvgIpc) is 3.55. The van der Waals surface area contributed by atoms with Gasteiger partial charge in [-0.2, -0.15) is 4.98 Å². The van der Waals surface area contributed by atoms with Gasteiger partial charge in [0.2, 0.25) is 5.95 Å². The molecule has 0 bridgehead atoms. The predicted octanol–water partition coefficient (Wildman–Crippen LogP) is 3.85. The molecule has 2 aliphatic rings. The number of H-pyrrole nitrogens is 1. The summed E-state index contributed by atoms with van der Waals surface area (Å²) in [4.78, 5) is 22.3. The van der Waals surface area contributed by atoms with E-state index in [9.17, 15) is 0 Å². The van der Waals surface area contributed by atoms with Crippen LogP contribution in [0.5, 0.6) is 0 Å². The lowest BCUT2D eigenvalue weighted by molar-refractivity contribution is 0.122. The van der Waals surface area contributed by atoms with Crippen LogP contribution in [0.15, 0.2) is 61.1 Å². The van der Waals surface area contributed by atoms with E-state index in [1.54, 1.807) is 0 Å². The lowest BCUT2D eigenvalue weighted by atomic mass is 10.0. The summed E-state index contributed by atoms with van der Waals surface area (Å²) in [6.45, 7) is 5.01. The molecule has 2 aliphatic heterocycles. The molecule has 1 N–H and O–H groups in total. The minimum atomic E-state index is 0.455. The van der Waals surface area contributed by atoms with Crippen LogP contribution in [0.4, 0.5) is 11.8 Å². The highest BCUT2D eigenvalue weighted by molar-refractivity contribution is 5.94. The summed E-state index contributed by atoms with van der Waals surface area (Å²) in [5.41, 5.74) is 4.50. The molecule has 1 unspecified atom stereocenters. The van der Waals surface area contributed by atoms with Crippen molar-refractivity contribution in [3.05, 3.63) is 66.6 Å². The van der Waals surface area contributed by atoms with Crippen molar-refractivity contribution < 1.29 is 4.74 Å². The maximum Gasteiger partial charge on any atom is 0.227 e. The molecule has 0 radical (unpaired) electrons. The van der Waals surface area contributed by atoms with Gasteiger partial charge >= 0.3 is 0 Å². The van der Waals surface area contributed by atoms with Crippen LogP contribution in [0.25, 0.3) is 22.2 Å². The molecular formula is C25H26N6O. The van der Waals surface area contributed by atoms with Crippen LogP contribution in [0.1, 0.15) is 17.9 Å². The fourth-order valence-electron chi connectivity index (χ4n) is 4.80. The molecule has 6 rings (SSSR count). The number of fused-ring (bicyclic) bond motifs is 1. The molecule has 162 valence electrons. The molecule has 7 nitrogen and oxygen atoms in total. The number of anilines is 2. The molecule has 3 aromatic heterocycles. The Labute approximate surface area is 187 Å². The standard InChI is InChI=1S/C25H26N6O/c1-4-20(21-6-9-27-22(21)5-1)23-15-24(30-11-13-32-14-12-30)29-25(28-23)31-10-7-19(17-31)18-3-2-8-26-16-18/h1-6,8-9,15-16,19,27H,7,10-14,17H2. The van der Waals surface area contributed by atoms with Gasteiger partial charge in [0, 0.05) is 73.2 Å². The Morgan fingerprint density at radius 2 is 1.91 bits per heavy atom. The molecule has 7 heteroatoms. The third-order valence-corrected chi connectivity index (χ3v) is 6.53. The molecule has 4 aromatic rings. The summed E-state index contributed by atoms with van der Waals surface area (Å²) in [6, 6.07) is 14.8.